The van der Waals surface area contributed by atoms with Crippen molar-refractivity contribution in [1.29, 1.82) is 0 Å². The Hall–Kier alpha value is -1.41. The lowest BCUT2D eigenvalue weighted by atomic mass is 9.98. The molecule has 1 fully saturated rings. The molecule has 11 heteroatoms. The molecule has 0 aliphatic carbocycles. The topological polar surface area (TPSA) is 189 Å². The number of aliphatic hydroxyl groups is 7. The van der Waals surface area contributed by atoms with E-state index >= 15 is 0 Å². The first-order valence-corrected chi connectivity index (χ1v) is 27.2. The van der Waals surface area contributed by atoms with Crippen LogP contribution in [0, 0.1) is 0 Å². The lowest BCUT2D eigenvalue weighted by Crippen LogP contribution is -2.60. The van der Waals surface area contributed by atoms with E-state index in [2.05, 4.69) is 43.5 Å². The molecule has 0 aromatic rings. The molecule has 0 saturated carbocycles. The number of rotatable bonds is 46. The van der Waals surface area contributed by atoms with E-state index in [4.69, 9.17) is 9.47 Å². The quantitative estimate of drug-likeness (QED) is 0.0216. The average Bonchev–Trinajstić information content (AvgIpc) is 3.31. The molecule has 9 unspecified atom stereocenters. The summed E-state index contributed by atoms with van der Waals surface area (Å²) in [6, 6.07) is -1.19. The minimum atomic E-state index is -1.67. The Morgan fingerprint density at radius 3 is 1.32 bits per heavy atom. The average molecular weight is 926 g/mol. The third kappa shape index (κ3) is 32.9. The van der Waals surface area contributed by atoms with E-state index < -0.39 is 74.2 Å². The zero-order chi connectivity index (χ0) is 47.6. The minimum absolute atomic E-state index is 0.241. The second-order valence-corrected chi connectivity index (χ2v) is 19.3. The lowest BCUT2D eigenvalue weighted by molar-refractivity contribution is -0.303. The van der Waals surface area contributed by atoms with Crippen molar-refractivity contribution in [2.75, 3.05) is 13.2 Å². The van der Waals surface area contributed by atoms with Crippen molar-refractivity contribution in [3.63, 3.8) is 0 Å². The van der Waals surface area contributed by atoms with Gasteiger partial charge < -0.3 is 50.5 Å². The Balaban J connectivity index is 2.38. The third-order valence-corrected chi connectivity index (χ3v) is 13.2. The molecule has 1 aliphatic heterocycles. The van der Waals surface area contributed by atoms with Crippen LogP contribution in [0.1, 0.15) is 245 Å². The molecule has 0 bridgehead atoms. The monoisotopic (exact) mass is 926 g/mol. The molecule has 0 spiro atoms. The lowest BCUT2D eigenvalue weighted by Gasteiger charge is -2.40. The van der Waals surface area contributed by atoms with Gasteiger partial charge in [0.25, 0.3) is 0 Å². The summed E-state index contributed by atoms with van der Waals surface area (Å²) in [4.78, 5) is 13.1. The highest BCUT2D eigenvalue weighted by atomic mass is 16.7. The zero-order valence-corrected chi connectivity index (χ0v) is 41.7. The maximum atomic E-state index is 13.1. The van der Waals surface area contributed by atoms with Crippen molar-refractivity contribution in [3.8, 4) is 0 Å². The summed E-state index contributed by atoms with van der Waals surface area (Å²) in [6.07, 6.45) is 39.4. The first kappa shape index (κ1) is 61.6. The minimum Gasteiger partial charge on any atom is -0.394 e. The zero-order valence-electron chi connectivity index (χ0n) is 41.7. The van der Waals surface area contributed by atoms with Crippen molar-refractivity contribution in [2.45, 2.75) is 300 Å². The molecule has 1 heterocycles. The molecule has 1 aliphatic rings. The van der Waals surface area contributed by atoms with Crippen molar-refractivity contribution in [1.82, 2.24) is 5.32 Å². The van der Waals surface area contributed by atoms with Crippen LogP contribution in [0.15, 0.2) is 24.3 Å². The maximum Gasteiger partial charge on any atom is 0.249 e. The predicted molar refractivity (Wildman–Crippen MR) is 266 cm³/mol. The Morgan fingerprint density at radius 1 is 0.523 bits per heavy atom. The van der Waals surface area contributed by atoms with Crippen LogP contribution in [0.3, 0.4) is 0 Å². The number of unbranched alkanes of at least 4 members (excludes halogenated alkanes) is 30. The molecule has 0 aromatic heterocycles. The normalized spacial score (nSPS) is 21.0. The van der Waals surface area contributed by atoms with Gasteiger partial charge >= 0.3 is 0 Å². The second kappa shape index (κ2) is 43.8. The van der Waals surface area contributed by atoms with Crippen LogP contribution in [0.25, 0.3) is 0 Å². The molecule has 9 atom stereocenters. The molecule has 1 saturated heterocycles. The van der Waals surface area contributed by atoms with E-state index in [1.165, 1.54) is 154 Å². The van der Waals surface area contributed by atoms with Crippen molar-refractivity contribution < 1.29 is 50.0 Å². The molecule has 1 amide bonds. The van der Waals surface area contributed by atoms with Gasteiger partial charge in [0.05, 0.1) is 25.4 Å². The fourth-order valence-corrected chi connectivity index (χ4v) is 8.73. The van der Waals surface area contributed by atoms with Crippen LogP contribution in [-0.4, -0.2) is 110 Å². The van der Waals surface area contributed by atoms with Crippen LogP contribution >= 0.6 is 0 Å². The Kier molecular flexibility index (Phi) is 41.6. The van der Waals surface area contributed by atoms with E-state index in [9.17, 15) is 40.5 Å². The molecule has 0 aromatic carbocycles. The Morgan fingerprint density at radius 2 is 0.908 bits per heavy atom. The summed E-state index contributed by atoms with van der Waals surface area (Å²) in [5.74, 6) is -0.713. The van der Waals surface area contributed by atoms with Gasteiger partial charge in [0.2, 0.25) is 5.91 Å². The number of hydrogen-bond donors (Lipinski definition) is 8. The maximum absolute atomic E-state index is 13.1. The summed E-state index contributed by atoms with van der Waals surface area (Å²) in [5, 5.41) is 75.9. The molecule has 8 N–H and O–H groups in total. The van der Waals surface area contributed by atoms with Gasteiger partial charge in [-0.2, -0.15) is 0 Å². The molecule has 65 heavy (non-hydrogen) atoms. The highest BCUT2D eigenvalue weighted by Gasteiger charge is 2.44. The number of carbonyl (C=O) groups excluding carboxylic acids is 1. The number of nitrogens with one attached hydrogen (secondary N) is 1. The van der Waals surface area contributed by atoms with Gasteiger partial charge in [0.1, 0.15) is 36.6 Å². The fourth-order valence-electron chi connectivity index (χ4n) is 8.73. The van der Waals surface area contributed by atoms with Crippen LogP contribution in [0.4, 0.5) is 0 Å². The highest BCUT2D eigenvalue weighted by molar-refractivity contribution is 5.80. The first-order chi connectivity index (χ1) is 31.7. The number of ether oxygens (including phenoxy) is 2. The number of hydrogen-bond acceptors (Lipinski definition) is 10. The van der Waals surface area contributed by atoms with Gasteiger partial charge in [-0.1, -0.05) is 205 Å². The van der Waals surface area contributed by atoms with Gasteiger partial charge in [0.15, 0.2) is 6.29 Å². The molecule has 384 valence electrons. The van der Waals surface area contributed by atoms with Crippen LogP contribution < -0.4 is 5.32 Å². The largest absolute Gasteiger partial charge is 0.394 e. The summed E-state index contributed by atoms with van der Waals surface area (Å²) in [7, 11) is 0. The third-order valence-electron chi connectivity index (χ3n) is 13.2. The molecular formula is C54H103NO10. The van der Waals surface area contributed by atoms with Gasteiger partial charge in [-0.3, -0.25) is 4.79 Å². The Labute approximate surface area is 397 Å². The van der Waals surface area contributed by atoms with Crippen LogP contribution in [0.2, 0.25) is 0 Å². The molecular weight excluding hydrogens is 823 g/mol. The summed E-state index contributed by atoms with van der Waals surface area (Å²) in [6.45, 7) is 3.45. The number of carbonyl (C=O) groups is 1. The van der Waals surface area contributed by atoms with E-state index in [1.807, 2.05) is 0 Å². The number of allylic oxidation sites excluding steroid dienone is 4. The standard InChI is InChI=1S/C54H103NO10/c1-3-5-7-9-11-13-15-17-19-21-22-23-24-26-27-29-31-33-35-37-39-41-46(57)49(59)45(44-64-54-52(62)51(61)50(60)48(43-56)65-54)55-53(63)47(58)42-40-38-36-34-32-30-28-25-20-18-16-14-12-10-8-6-4-2/h28,30,33,35,45-52,54,56-62H,3-27,29,31-32,34,36-44H2,1-2H3,(H,55,63)/b30-28-,35-33+. The van der Waals surface area contributed by atoms with Gasteiger partial charge in [0, 0.05) is 0 Å². The fraction of sp³-hybridized carbons (Fsp3) is 0.907. The molecule has 1 rings (SSSR count). The molecule has 11 nitrogen and oxygen atoms in total. The van der Waals surface area contributed by atoms with Gasteiger partial charge in [-0.15, -0.1) is 0 Å². The summed E-state index contributed by atoms with van der Waals surface area (Å²) in [5.41, 5.74) is 0. The SMILES string of the molecule is CCCCCCCCCCC/C=C\CCCCCCC(O)C(=O)NC(COC1OC(CO)C(O)C(O)C1O)C(O)C(O)CCC/C=C/CCCCCCCCCCCCCCCCCC. The predicted octanol–water partition coefficient (Wildman–Crippen LogP) is 10.6. The molecule has 0 radical (unpaired) electrons. The van der Waals surface area contributed by atoms with Crippen molar-refractivity contribution >= 4 is 5.91 Å². The van der Waals surface area contributed by atoms with Crippen LogP contribution in [0.5, 0.6) is 0 Å². The van der Waals surface area contributed by atoms with Gasteiger partial charge in [-0.25, -0.2) is 0 Å². The van der Waals surface area contributed by atoms with E-state index in [0.29, 0.717) is 12.8 Å². The number of aliphatic hydroxyl groups excluding tert-OH is 7. The summed E-state index contributed by atoms with van der Waals surface area (Å²) < 4.78 is 11.1. The highest BCUT2D eigenvalue weighted by Crippen LogP contribution is 2.23. The van der Waals surface area contributed by atoms with Gasteiger partial charge in [-0.05, 0) is 64.2 Å². The smallest absolute Gasteiger partial charge is 0.249 e. The van der Waals surface area contributed by atoms with E-state index in [0.717, 1.165) is 51.4 Å². The Bertz CT molecular complexity index is 1110. The second-order valence-electron chi connectivity index (χ2n) is 19.3. The number of amides is 1. The van der Waals surface area contributed by atoms with Crippen molar-refractivity contribution in [3.05, 3.63) is 24.3 Å². The van der Waals surface area contributed by atoms with Crippen LogP contribution in [-0.2, 0) is 14.3 Å². The summed E-state index contributed by atoms with van der Waals surface area (Å²) >= 11 is 0. The van der Waals surface area contributed by atoms with E-state index in [-0.39, 0.29) is 12.8 Å². The van der Waals surface area contributed by atoms with E-state index in [1.54, 1.807) is 0 Å². The first-order valence-electron chi connectivity index (χ1n) is 27.2. The van der Waals surface area contributed by atoms with Crippen molar-refractivity contribution in [2.24, 2.45) is 0 Å².